The highest BCUT2D eigenvalue weighted by Gasteiger charge is 2.33. The van der Waals surface area contributed by atoms with Crippen molar-refractivity contribution in [1.29, 1.82) is 0 Å². The maximum absolute atomic E-state index is 6.10. The second kappa shape index (κ2) is 3.18. The Morgan fingerprint density at radius 3 is 2.62 bits per heavy atom. The fourth-order valence-corrected chi connectivity index (χ4v) is 1.81. The SMILES string of the molecule is Cc1ccc(C(N)C(C)C2CC2)o1. The lowest BCUT2D eigenvalue weighted by Gasteiger charge is -2.16. The van der Waals surface area contributed by atoms with Gasteiger partial charge in [0.15, 0.2) is 0 Å². The Hall–Kier alpha value is -0.760. The molecule has 1 aromatic rings. The fraction of sp³-hybridized carbons (Fsp3) is 0.636. The second-order valence-electron chi connectivity index (χ2n) is 4.17. The minimum absolute atomic E-state index is 0.0844. The maximum Gasteiger partial charge on any atom is 0.121 e. The molecule has 2 N–H and O–H groups in total. The number of rotatable bonds is 3. The van der Waals surface area contributed by atoms with E-state index >= 15 is 0 Å². The Morgan fingerprint density at radius 2 is 2.15 bits per heavy atom. The third-order valence-electron chi connectivity index (χ3n) is 3.02. The number of furan rings is 1. The van der Waals surface area contributed by atoms with Gasteiger partial charge in [-0.25, -0.2) is 0 Å². The van der Waals surface area contributed by atoms with E-state index in [1.165, 1.54) is 12.8 Å². The zero-order chi connectivity index (χ0) is 9.42. The number of hydrogen-bond acceptors (Lipinski definition) is 2. The monoisotopic (exact) mass is 179 g/mol. The molecule has 2 nitrogen and oxygen atoms in total. The van der Waals surface area contributed by atoms with Gasteiger partial charge in [-0.15, -0.1) is 0 Å². The second-order valence-corrected chi connectivity index (χ2v) is 4.17. The van der Waals surface area contributed by atoms with Gasteiger partial charge in [-0.1, -0.05) is 6.92 Å². The van der Waals surface area contributed by atoms with Gasteiger partial charge in [0.05, 0.1) is 6.04 Å². The molecule has 2 heteroatoms. The summed E-state index contributed by atoms with van der Waals surface area (Å²) in [5, 5.41) is 0. The molecule has 0 aromatic carbocycles. The summed E-state index contributed by atoms with van der Waals surface area (Å²) in [7, 11) is 0. The van der Waals surface area contributed by atoms with Crippen LogP contribution in [0.3, 0.4) is 0 Å². The molecule has 1 heterocycles. The Labute approximate surface area is 79.1 Å². The van der Waals surface area contributed by atoms with Crippen LogP contribution in [-0.2, 0) is 0 Å². The predicted molar refractivity (Wildman–Crippen MR) is 52.3 cm³/mol. The Morgan fingerprint density at radius 1 is 1.46 bits per heavy atom. The zero-order valence-corrected chi connectivity index (χ0v) is 8.29. The largest absolute Gasteiger partial charge is 0.465 e. The van der Waals surface area contributed by atoms with Gasteiger partial charge in [0, 0.05) is 0 Å². The zero-order valence-electron chi connectivity index (χ0n) is 8.29. The van der Waals surface area contributed by atoms with Gasteiger partial charge in [0.25, 0.3) is 0 Å². The summed E-state index contributed by atoms with van der Waals surface area (Å²) in [4.78, 5) is 0. The van der Waals surface area contributed by atoms with Gasteiger partial charge in [-0.05, 0) is 43.7 Å². The molecule has 1 aliphatic carbocycles. The average molecular weight is 179 g/mol. The van der Waals surface area contributed by atoms with Crippen molar-refractivity contribution in [2.75, 3.05) is 0 Å². The van der Waals surface area contributed by atoms with Gasteiger partial charge in [-0.3, -0.25) is 0 Å². The molecule has 72 valence electrons. The van der Waals surface area contributed by atoms with Crippen LogP contribution in [0, 0.1) is 18.8 Å². The van der Waals surface area contributed by atoms with E-state index in [0.29, 0.717) is 5.92 Å². The third-order valence-corrected chi connectivity index (χ3v) is 3.02. The molecule has 2 atom stereocenters. The van der Waals surface area contributed by atoms with Crippen LogP contribution in [-0.4, -0.2) is 0 Å². The molecule has 1 saturated carbocycles. The van der Waals surface area contributed by atoms with Gasteiger partial charge in [-0.2, -0.15) is 0 Å². The smallest absolute Gasteiger partial charge is 0.121 e. The Kier molecular flexibility index (Phi) is 2.16. The van der Waals surface area contributed by atoms with E-state index in [1.807, 2.05) is 19.1 Å². The topological polar surface area (TPSA) is 39.2 Å². The summed E-state index contributed by atoms with van der Waals surface area (Å²) in [6.45, 7) is 4.18. The van der Waals surface area contributed by atoms with Crippen molar-refractivity contribution in [2.24, 2.45) is 17.6 Å². The molecule has 0 bridgehead atoms. The van der Waals surface area contributed by atoms with Crippen LogP contribution in [0.4, 0.5) is 0 Å². The first-order valence-electron chi connectivity index (χ1n) is 5.00. The van der Waals surface area contributed by atoms with Crippen LogP contribution in [0.25, 0.3) is 0 Å². The van der Waals surface area contributed by atoms with E-state index in [9.17, 15) is 0 Å². The predicted octanol–water partition coefficient (Wildman–Crippen LogP) is 2.63. The fourth-order valence-electron chi connectivity index (χ4n) is 1.81. The molecule has 1 aliphatic rings. The summed E-state index contributed by atoms with van der Waals surface area (Å²) >= 11 is 0. The van der Waals surface area contributed by atoms with Crippen LogP contribution >= 0.6 is 0 Å². The van der Waals surface area contributed by atoms with Crippen LogP contribution in [0.1, 0.15) is 37.3 Å². The van der Waals surface area contributed by atoms with Crippen molar-refractivity contribution in [1.82, 2.24) is 0 Å². The highest BCUT2D eigenvalue weighted by atomic mass is 16.3. The van der Waals surface area contributed by atoms with Crippen molar-refractivity contribution in [2.45, 2.75) is 32.7 Å². The highest BCUT2D eigenvalue weighted by Crippen LogP contribution is 2.41. The molecule has 0 amide bonds. The Bertz CT molecular complexity index is 288. The van der Waals surface area contributed by atoms with Crippen molar-refractivity contribution < 1.29 is 4.42 Å². The van der Waals surface area contributed by atoms with Crippen LogP contribution in [0.2, 0.25) is 0 Å². The highest BCUT2D eigenvalue weighted by molar-refractivity contribution is 5.10. The first kappa shape index (κ1) is 8.82. The lowest BCUT2D eigenvalue weighted by molar-refractivity contribution is 0.347. The van der Waals surface area contributed by atoms with E-state index in [0.717, 1.165) is 17.4 Å². The van der Waals surface area contributed by atoms with E-state index in [4.69, 9.17) is 10.2 Å². The molecule has 0 aliphatic heterocycles. The lowest BCUT2D eigenvalue weighted by Crippen LogP contribution is -2.19. The lowest BCUT2D eigenvalue weighted by atomic mass is 9.96. The molecule has 0 saturated heterocycles. The average Bonchev–Trinajstić information content (AvgIpc) is 2.87. The van der Waals surface area contributed by atoms with Gasteiger partial charge < -0.3 is 10.2 Å². The van der Waals surface area contributed by atoms with Gasteiger partial charge in [0.2, 0.25) is 0 Å². The van der Waals surface area contributed by atoms with Crippen molar-refractivity contribution in [3.8, 4) is 0 Å². The van der Waals surface area contributed by atoms with Crippen LogP contribution in [0.5, 0.6) is 0 Å². The van der Waals surface area contributed by atoms with Crippen molar-refractivity contribution in [3.05, 3.63) is 23.7 Å². The minimum Gasteiger partial charge on any atom is -0.465 e. The molecule has 0 spiro atoms. The first-order valence-corrected chi connectivity index (χ1v) is 5.00. The number of nitrogens with two attached hydrogens (primary N) is 1. The van der Waals surface area contributed by atoms with E-state index in [1.54, 1.807) is 0 Å². The molecule has 2 rings (SSSR count). The standard InChI is InChI=1S/C11H17NO/c1-7-3-6-10(13-7)11(12)8(2)9-4-5-9/h3,6,8-9,11H,4-5,12H2,1-2H3. The summed E-state index contributed by atoms with van der Waals surface area (Å²) in [5.41, 5.74) is 6.10. The Balaban J connectivity index is 2.06. The molecule has 0 radical (unpaired) electrons. The third kappa shape index (κ3) is 1.78. The molecule has 1 fully saturated rings. The first-order chi connectivity index (χ1) is 6.18. The van der Waals surface area contributed by atoms with Gasteiger partial charge >= 0.3 is 0 Å². The molecule has 13 heavy (non-hydrogen) atoms. The van der Waals surface area contributed by atoms with Gasteiger partial charge in [0.1, 0.15) is 11.5 Å². The summed E-state index contributed by atoms with van der Waals surface area (Å²) < 4.78 is 5.52. The summed E-state index contributed by atoms with van der Waals surface area (Å²) in [6.07, 6.45) is 2.68. The minimum atomic E-state index is 0.0844. The van der Waals surface area contributed by atoms with Crippen LogP contribution in [0.15, 0.2) is 16.5 Å². The maximum atomic E-state index is 6.10. The quantitative estimate of drug-likeness (QED) is 0.774. The summed E-state index contributed by atoms with van der Waals surface area (Å²) in [5.74, 6) is 3.29. The van der Waals surface area contributed by atoms with E-state index in [-0.39, 0.29) is 6.04 Å². The number of aryl methyl sites for hydroxylation is 1. The molecular weight excluding hydrogens is 162 g/mol. The normalized spacial score (nSPS) is 21.5. The van der Waals surface area contributed by atoms with E-state index < -0.39 is 0 Å². The molecule has 2 unspecified atom stereocenters. The summed E-state index contributed by atoms with van der Waals surface area (Å²) in [6, 6.07) is 4.06. The molecular formula is C11H17NO. The van der Waals surface area contributed by atoms with Crippen molar-refractivity contribution >= 4 is 0 Å². The van der Waals surface area contributed by atoms with Crippen LogP contribution < -0.4 is 5.73 Å². The van der Waals surface area contributed by atoms with E-state index in [2.05, 4.69) is 6.92 Å². The number of hydrogen-bond donors (Lipinski definition) is 1. The molecule has 1 aromatic heterocycles. The van der Waals surface area contributed by atoms with Crippen molar-refractivity contribution in [3.63, 3.8) is 0 Å².